The van der Waals surface area contributed by atoms with E-state index < -0.39 is 0 Å². The van der Waals surface area contributed by atoms with Gasteiger partial charge in [0.25, 0.3) is 0 Å². The van der Waals surface area contributed by atoms with E-state index in [-0.39, 0.29) is 0 Å². The zero-order valence-corrected chi connectivity index (χ0v) is 31.3. The second-order valence-electron chi connectivity index (χ2n) is 14.9. The Morgan fingerprint density at radius 1 is 0.293 bits per heavy atom. The van der Waals surface area contributed by atoms with E-state index in [2.05, 4.69) is 191 Å². The van der Waals surface area contributed by atoms with Crippen molar-refractivity contribution < 1.29 is 8.83 Å². The van der Waals surface area contributed by atoms with Crippen molar-refractivity contribution in [2.24, 2.45) is 0 Å². The number of nitrogens with zero attached hydrogens (tertiary/aromatic N) is 2. The van der Waals surface area contributed by atoms with Crippen molar-refractivity contribution in [1.29, 1.82) is 0 Å². The number of benzene rings is 9. The summed E-state index contributed by atoms with van der Waals surface area (Å²) in [6, 6.07) is 73.3. The average Bonchev–Trinajstić information content (AvgIpc) is 3.95. The van der Waals surface area contributed by atoms with Crippen molar-refractivity contribution in [3.63, 3.8) is 0 Å². The van der Waals surface area contributed by atoms with E-state index in [0.717, 1.165) is 88.8 Å². The maximum Gasteiger partial charge on any atom is 0.137 e. The largest absolute Gasteiger partial charge is 0.456 e. The standard InChI is InChI=1S/C54H34N2O2/c1-2-10-35(11-3-1)36-18-23-39(24-19-36)55(40-25-20-37(21-26-40)38-22-31-53-47(32-38)44-13-5-8-16-51(44)57-53)41-27-29-42(30-28-41)56-49-15-7-4-12-43(49)46-33-48-45-14-6-9-17-52(45)58-54(48)34-50(46)56/h1-34H. The second-order valence-corrected chi connectivity index (χ2v) is 14.9. The molecule has 58 heavy (non-hydrogen) atoms. The van der Waals surface area contributed by atoms with Gasteiger partial charge in [0.15, 0.2) is 0 Å². The molecule has 0 bridgehead atoms. The van der Waals surface area contributed by atoms with Gasteiger partial charge in [0.2, 0.25) is 0 Å². The third-order valence-electron chi connectivity index (χ3n) is 11.6. The van der Waals surface area contributed by atoms with Crippen LogP contribution in [0.1, 0.15) is 0 Å². The molecule has 0 aliphatic heterocycles. The van der Waals surface area contributed by atoms with Gasteiger partial charge in [-0.2, -0.15) is 0 Å². The number of hydrogen-bond donors (Lipinski definition) is 0. The van der Waals surface area contributed by atoms with Crippen LogP contribution in [-0.2, 0) is 0 Å². The van der Waals surface area contributed by atoms with Crippen LogP contribution in [0, 0.1) is 0 Å². The summed E-state index contributed by atoms with van der Waals surface area (Å²) in [5.74, 6) is 0. The molecule has 4 nitrogen and oxygen atoms in total. The van der Waals surface area contributed by atoms with Crippen LogP contribution < -0.4 is 4.90 Å². The summed E-state index contributed by atoms with van der Waals surface area (Å²) in [4.78, 5) is 2.33. The molecule has 0 amide bonds. The van der Waals surface area contributed by atoms with Gasteiger partial charge in [-0.25, -0.2) is 0 Å². The minimum atomic E-state index is 0.890. The number of fused-ring (bicyclic) bond motifs is 9. The maximum atomic E-state index is 6.38. The van der Waals surface area contributed by atoms with E-state index >= 15 is 0 Å². The van der Waals surface area contributed by atoms with E-state index in [4.69, 9.17) is 8.83 Å². The molecule has 0 unspecified atom stereocenters. The Bertz CT molecular complexity index is 3480. The quantitative estimate of drug-likeness (QED) is 0.170. The molecule has 0 spiro atoms. The van der Waals surface area contributed by atoms with Gasteiger partial charge in [-0.15, -0.1) is 0 Å². The first-order valence-electron chi connectivity index (χ1n) is 19.7. The van der Waals surface area contributed by atoms with Crippen molar-refractivity contribution >= 4 is 82.7 Å². The summed E-state index contributed by atoms with van der Waals surface area (Å²) in [5.41, 5.74) is 14.9. The lowest BCUT2D eigenvalue weighted by atomic mass is 10.0. The smallest absolute Gasteiger partial charge is 0.137 e. The second kappa shape index (κ2) is 12.9. The summed E-state index contributed by atoms with van der Waals surface area (Å²) < 4.78 is 14.9. The Morgan fingerprint density at radius 2 is 0.776 bits per heavy atom. The van der Waals surface area contributed by atoms with Gasteiger partial charge < -0.3 is 18.3 Å². The number of anilines is 3. The fourth-order valence-corrected chi connectivity index (χ4v) is 8.81. The SMILES string of the molecule is c1ccc(-c2ccc(N(c3ccc(-c4ccc5oc6ccccc6c5c4)cc3)c3ccc(-n4c5ccccc5c5cc6c(cc54)oc4ccccc46)cc3)cc2)cc1. The van der Waals surface area contributed by atoms with Crippen molar-refractivity contribution in [3.8, 4) is 27.9 Å². The highest BCUT2D eigenvalue weighted by molar-refractivity contribution is 6.17. The minimum absolute atomic E-state index is 0.890. The number of furan rings is 2. The normalized spacial score (nSPS) is 11.8. The number of para-hydroxylation sites is 3. The number of rotatable bonds is 6. The Hall–Kier alpha value is -7.82. The first-order chi connectivity index (χ1) is 28.7. The first kappa shape index (κ1) is 32.4. The average molecular weight is 743 g/mol. The fraction of sp³-hybridized carbons (Fsp3) is 0. The first-order valence-corrected chi connectivity index (χ1v) is 19.7. The molecule has 0 saturated heterocycles. The molecule has 0 atom stereocenters. The predicted molar refractivity (Wildman–Crippen MR) is 241 cm³/mol. The zero-order chi connectivity index (χ0) is 38.2. The molecular formula is C54H34N2O2. The van der Waals surface area contributed by atoms with Crippen LogP contribution in [0.5, 0.6) is 0 Å². The Kier molecular flexibility index (Phi) is 7.20. The molecular weight excluding hydrogens is 709 g/mol. The molecule has 0 saturated carbocycles. The molecule has 3 heterocycles. The molecule has 4 heteroatoms. The Balaban J connectivity index is 0.963. The van der Waals surface area contributed by atoms with Crippen LogP contribution >= 0.6 is 0 Å². The van der Waals surface area contributed by atoms with E-state index in [1.807, 2.05) is 24.3 Å². The molecule has 0 N–H and O–H groups in total. The van der Waals surface area contributed by atoms with Crippen LogP contribution in [0.3, 0.4) is 0 Å². The highest BCUT2D eigenvalue weighted by Crippen LogP contribution is 2.41. The lowest BCUT2D eigenvalue weighted by molar-refractivity contribution is 0.668. The monoisotopic (exact) mass is 742 g/mol. The molecule has 3 aromatic heterocycles. The minimum Gasteiger partial charge on any atom is -0.456 e. The van der Waals surface area contributed by atoms with Crippen LogP contribution in [0.2, 0.25) is 0 Å². The highest BCUT2D eigenvalue weighted by atomic mass is 16.3. The lowest BCUT2D eigenvalue weighted by Crippen LogP contribution is -2.10. The van der Waals surface area contributed by atoms with Crippen LogP contribution in [0.4, 0.5) is 17.1 Å². The topological polar surface area (TPSA) is 34.5 Å². The van der Waals surface area contributed by atoms with Gasteiger partial charge in [-0.05, 0) is 107 Å². The zero-order valence-electron chi connectivity index (χ0n) is 31.3. The fourth-order valence-electron chi connectivity index (χ4n) is 8.81. The van der Waals surface area contributed by atoms with E-state index in [0.29, 0.717) is 0 Å². The predicted octanol–water partition coefficient (Wildman–Crippen LogP) is 15.4. The lowest BCUT2D eigenvalue weighted by Gasteiger charge is -2.26. The van der Waals surface area contributed by atoms with Crippen LogP contribution in [0.15, 0.2) is 215 Å². The van der Waals surface area contributed by atoms with Crippen LogP contribution in [0.25, 0.3) is 93.6 Å². The molecule has 12 aromatic rings. The number of hydrogen-bond acceptors (Lipinski definition) is 3. The molecule has 0 fully saturated rings. The van der Waals surface area contributed by atoms with E-state index in [1.165, 1.54) is 21.9 Å². The molecule has 0 radical (unpaired) electrons. The maximum absolute atomic E-state index is 6.38. The van der Waals surface area contributed by atoms with Crippen molar-refractivity contribution in [1.82, 2.24) is 4.57 Å². The summed E-state index contributed by atoms with van der Waals surface area (Å²) in [7, 11) is 0. The molecule has 0 aliphatic rings. The van der Waals surface area contributed by atoms with Gasteiger partial charge in [-0.1, -0.05) is 115 Å². The van der Waals surface area contributed by atoms with Crippen LogP contribution in [-0.4, -0.2) is 4.57 Å². The Morgan fingerprint density at radius 3 is 1.45 bits per heavy atom. The van der Waals surface area contributed by atoms with Crippen molar-refractivity contribution in [2.45, 2.75) is 0 Å². The molecule has 0 aliphatic carbocycles. The summed E-state index contributed by atoms with van der Waals surface area (Å²) in [6.07, 6.45) is 0. The summed E-state index contributed by atoms with van der Waals surface area (Å²) >= 11 is 0. The van der Waals surface area contributed by atoms with E-state index in [9.17, 15) is 0 Å². The summed E-state index contributed by atoms with van der Waals surface area (Å²) in [6.45, 7) is 0. The van der Waals surface area contributed by atoms with Gasteiger partial charge in [0.05, 0.1) is 11.0 Å². The third kappa shape index (κ3) is 5.16. The van der Waals surface area contributed by atoms with Gasteiger partial charge in [0.1, 0.15) is 22.3 Å². The third-order valence-corrected chi connectivity index (χ3v) is 11.6. The molecule has 272 valence electrons. The van der Waals surface area contributed by atoms with Gasteiger partial charge in [-0.3, -0.25) is 0 Å². The van der Waals surface area contributed by atoms with Gasteiger partial charge in [0, 0.05) is 61.1 Å². The highest BCUT2D eigenvalue weighted by Gasteiger charge is 2.18. The van der Waals surface area contributed by atoms with Gasteiger partial charge >= 0.3 is 0 Å². The van der Waals surface area contributed by atoms with Crippen molar-refractivity contribution in [3.05, 3.63) is 206 Å². The number of aromatic nitrogens is 1. The Labute approximate surface area is 334 Å². The molecule has 9 aromatic carbocycles. The van der Waals surface area contributed by atoms with Crippen molar-refractivity contribution in [2.75, 3.05) is 4.90 Å². The molecule has 12 rings (SSSR count). The van der Waals surface area contributed by atoms with E-state index in [1.54, 1.807) is 0 Å². The summed E-state index contributed by atoms with van der Waals surface area (Å²) in [5, 5.41) is 6.96.